The fraction of sp³-hybridized carbons (Fsp3) is 0.706. The van der Waals surface area contributed by atoms with Crippen molar-refractivity contribution < 1.29 is 4.39 Å². The molecule has 0 aromatic carbocycles. The molecule has 3 unspecified atom stereocenters. The Morgan fingerprint density at radius 2 is 1.95 bits per heavy atom. The Balaban J connectivity index is 2.68. The average Bonchev–Trinajstić information content (AvgIpc) is 2.45. The minimum atomic E-state index is -0.282. The van der Waals surface area contributed by atoms with E-state index >= 15 is 0 Å². The van der Waals surface area contributed by atoms with E-state index in [-0.39, 0.29) is 11.9 Å². The maximum Gasteiger partial charge on any atom is 0.141 e. The smallest absolute Gasteiger partial charge is 0.141 e. The summed E-state index contributed by atoms with van der Waals surface area (Å²) in [5, 5.41) is 3.48. The molecule has 0 fully saturated rings. The third kappa shape index (κ3) is 6.10. The average molecular weight is 295 g/mol. The van der Waals surface area contributed by atoms with Gasteiger partial charge in [-0.3, -0.25) is 4.98 Å². The Hall–Kier alpha value is -1.00. The molecule has 21 heavy (non-hydrogen) atoms. The summed E-state index contributed by atoms with van der Waals surface area (Å²) >= 11 is 0. The first-order valence-corrected chi connectivity index (χ1v) is 8.01. The lowest BCUT2D eigenvalue weighted by molar-refractivity contribution is 0.220. The van der Waals surface area contributed by atoms with Crippen LogP contribution in [0.25, 0.3) is 0 Å². The van der Waals surface area contributed by atoms with Gasteiger partial charge in [0, 0.05) is 13.1 Å². The summed E-state index contributed by atoms with van der Waals surface area (Å²) in [4.78, 5) is 6.63. The van der Waals surface area contributed by atoms with Crippen molar-refractivity contribution >= 4 is 0 Å². The SMILES string of the molecule is CCNC(c1ccc(F)cn1)C(C)CN(C)CC(C)CC. The summed E-state index contributed by atoms with van der Waals surface area (Å²) in [5.41, 5.74) is 0.919. The van der Waals surface area contributed by atoms with E-state index in [9.17, 15) is 4.39 Å². The summed E-state index contributed by atoms with van der Waals surface area (Å²) in [6, 6.07) is 3.44. The first-order chi connectivity index (χ1) is 9.97. The fourth-order valence-corrected chi connectivity index (χ4v) is 2.72. The number of halogens is 1. The van der Waals surface area contributed by atoms with E-state index in [0.717, 1.165) is 25.3 Å². The van der Waals surface area contributed by atoms with Crippen molar-refractivity contribution in [3.63, 3.8) is 0 Å². The van der Waals surface area contributed by atoms with E-state index in [0.29, 0.717) is 11.8 Å². The van der Waals surface area contributed by atoms with Gasteiger partial charge >= 0.3 is 0 Å². The summed E-state index contributed by atoms with van der Waals surface area (Å²) in [7, 11) is 2.17. The highest BCUT2D eigenvalue weighted by Gasteiger charge is 2.21. The van der Waals surface area contributed by atoms with Crippen LogP contribution in [0.1, 0.15) is 45.9 Å². The van der Waals surface area contributed by atoms with Gasteiger partial charge in [-0.2, -0.15) is 0 Å². The van der Waals surface area contributed by atoms with Crippen LogP contribution >= 0.6 is 0 Å². The van der Waals surface area contributed by atoms with Gasteiger partial charge < -0.3 is 10.2 Å². The molecule has 1 aromatic heterocycles. The lowest BCUT2D eigenvalue weighted by Crippen LogP contribution is -2.36. The highest BCUT2D eigenvalue weighted by atomic mass is 19.1. The molecule has 0 saturated heterocycles. The van der Waals surface area contributed by atoms with Gasteiger partial charge in [0.1, 0.15) is 5.82 Å². The zero-order chi connectivity index (χ0) is 15.8. The van der Waals surface area contributed by atoms with Crippen LogP contribution in [-0.4, -0.2) is 36.6 Å². The first-order valence-electron chi connectivity index (χ1n) is 8.01. The number of nitrogens with one attached hydrogen (secondary N) is 1. The number of aromatic nitrogens is 1. The molecule has 0 aliphatic carbocycles. The second kappa shape index (κ2) is 9.11. The Morgan fingerprint density at radius 3 is 2.48 bits per heavy atom. The normalized spacial score (nSPS) is 16.0. The molecule has 3 atom stereocenters. The zero-order valence-electron chi connectivity index (χ0n) is 14.1. The van der Waals surface area contributed by atoms with Crippen LogP contribution in [0.15, 0.2) is 18.3 Å². The van der Waals surface area contributed by atoms with Crippen molar-refractivity contribution in [2.24, 2.45) is 11.8 Å². The highest BCUT2D eigenvalue weighted by Crippen LogP contribution is 2.21. The monoisotopic (exact) mass is 295 g/mol. The second-order valence-electron chi connectivity index (χ2n) is 6.15. The predicted molar refractivity (Wildman–Crippen MR) is 86.7 cm³/mol. The van der Waals surface area contributed by atoms with Gasteiger partial charge in [-0.05, 0) is 37.6 Å². The molecular formula is C17H30FN3. The highest BCUT2D eigenvalue weighted by molar-refractivity contribution is 5.11. The number of hydrogen-bond donors (Lipinski definition) is 1. The standard InChI is InChI=1S/C17H30FN3/c1-6-13(3)11-21(5)12-14(4)17(19-7-2)16-9-8-15(18)10-20-16/h8-10,13-14,17,19H,6-7,11-12H2,1-5H3. The Bertz CT molecular complexity index is 394. The molecule has 1 N–H and O–H groups in total. The van der Waals surface area contributed by atoms with Gasteiger partial charge in [-0.25, -0.2) is 4.39 Å². The van der Waals surface area contributed by atoms with Crippen LogP contribution in [-0.2, 0) is 0 Å². The molecule has 1 rings (SSSR count). The van der Waals surface area contributed by atoms with Gasteiger partial charge in [0.15, 0.2) is 0 Å². The molecule has 0 aliphatic rings. The molecule has 1 heterocycles. The third-order valence-electron chi connectivity index (χ3n) is 3.98. The van der Waals surface area contributed by atoms with Crippen LogP contribution < -0.4 is 5.32 Å². The maximum absolute atomic E-state index is 13.0. The quantitative estimate of drug-likeness (QED) is 0.756. The van der Waals surface area contributed by atoms with E-state index < -0.39 is 0 Å². The Kier molecular flexibility index (Phi) is 7.83. The molecule has 0 radical (unpaired) electrons. The maximum atomic E-state index is 13.0. The minimum absolute atomic E-state index is 0.162. The van der Waals surface area contributed by atoms with E-state index in [1.807, 2.05) is 0 Å². The van der Waals surface area contributed by atoms with Crippen LogP contribution in [0.2, 0.25) is 0 Å². The molecule has 120 valence electrons. The molecule has 3 nitrogen and oxygen atoms in total. The Labute approximate surface area is 129 Å². The molecule has 0 spiro atoms. The van der Waals surface area contributed by atoms with Crippen LogP contribution in [0, 0.1) is 17.7 Å². The summed E-state index contributed by atoms with van der Waals surface area (Å²) in [6.45, 7) is 11.8. The molecule has 0 bridgehead atoms. The van der Waals surface area contributed by atoms with Crippen molar-refractivity contribution in [2.75, 3.05) is 26.7 Å². The number of pyridine rings is 1. The number of hydrogen-bond acceptors (Lipinski definition) is 3. The lowest BCUT2D eigenvalue weighted by atomic mass is 9.97. The molecule has 0 amide bonds. The number of nitrogens with zero attached hydrogens (tertiary/aromatic N) is 2. The lowest BCUT2D eigenvalue weighted by Gasteiger charge is -2.29. The molecular weight excluding hydrogens is 265 g/mol. The van der Waals surface area contributed by atoms with Crippen molar-refractivity contribution in [3.05, 3.63) is 29.8 Å². The van der Waals surface area contributed by atoms with E-state index in [1.165, 1.54) is 18.7 Å². The van der Waals surface area contributed by atoms with E-state index in [4.69, 9.17) is 0 Å². The van der Waals surface area contributed by atoms with Gasteiger partial charge in [0.2, 0.25) is 0 Å². The van der Waals surface area contributed by atoms with Crippen molar-refractivity contribution in [3.8, 4) is 0 Å². The van der Waals surface area contributed by atoms with Gasteiger partial charge in [0.05, 0.1) is 17.9 Å². The molecule has 0 saturated carbocycles. The third-order valence-corrected chi connectivity index (χ3v) is 3.98. The van der Waals surface area contributed by atoms with Crippen molar-refractivity contribution in [1.29, 1.82) is 0 Å². The largest absolute Gasteiger partial charge is 0.309 e. The van der Waals surface area contributed by atoms with Gasteiger partial charge in [0.25, 0.3) is 0 Å². The molecule has 4 heteroatoms. The first kappa shape index (κ1) is 18.1. The summed E-state index contributed by atoms with van der Waals surface area (Å²) in [5.74, 6) is 0.844. The molecule has 1 aromatic rings. The topological polar surface area (TPSA) is 28.2 Å². The van der Waals surface area contributed by atoms with Crippen LogP contribution in [0.4, 0.5) is 4.39 Å². The second-order valence-corrected chi connectivity index (χ2v) is 6.15. The molecule has 0 aliphatic heterocycles. The van der Waals surface area contributed by atoms with Gasteiger partial charge in [-0.1, -0.05) is 34.1 Å². The van der Waals surface area contributed by atoms with E-state index in [1.54, 1.807) is 6.07 Å². The fourth-order valence-electron chi connectivity index (χ4n) is 2.72. The zero-order valence-corrected chi connectivity index (χ0v) is 14.1. The van der Waals surface area contributed by atoms with Crippen LogP contribution in [0.3, 0.4) is 0 Å². The van der Waals surface area contributed by atoms with Crippen molar-refractivity contribution in [2.45, 2.75) is 40.2 Å². The van der Waals surface area contributed by atoms with Crippen LogP contribution in [0.5, 0.6) is 0 Å². The van der Waals surface area contributed by atoms with E-state index in [2.05, 4.69) is 49.9 Å². The predicted octanol–water partition coefficient (Wildman–Crippen LogP) is 3.49. The van der Waals surface area contributed by atoms with Crippen molar-refractivity contribution in [1.82, 2.24) is 15.2 Å². The minimum Gasteiger partial charge on any atom is -0.309 e. The number of rotatable bonds is 9. The summed E-state index contributed by atoms with van der Waals surface area (Å²) < 4.78 is 13.0. The van der Waals surface area contributed by atoms with Gasteiger partial charge in [-0.15, -0.1) is 0 Å². The summed E-state index contributed by atoms with van der Waals surface area (Å²) in [6.07, 6.45) is 2.50. The Morgan fingerprint density at radius 1 is 1.24 bits per heavy atom.